The molecule has 0 radical (unpaired) electrons. The fourth-order valence-electron chi connectivity index (χ4n) is 0.310. The van der Waals surface area contributed by atoms with Crippen LogP contribution in [0.1, 0.15) is 12.8 Å². The minimum atomic E-state index is 0.725. The Kier molecular flexibility index (Phi) is 1.57. The van der Waals surface area contributed by atoms with E-state index in [0.29, 0.717) is 0 Å². The zero-order valence-electron chi connectivity index (χ0n) is 3.89. The first-order valence-corrected chi connectivity index (χ1v) is 3.16. The van der Waals surface area contributed by atoms with Gasteiger partial charge in [0.1, 0.15) is 0 Å². The first kappa shape index (κ1) is 4.97. The maximum atomic E-state index is 9.61. The Morgan fingerprint density at radius 2 is 2.43 bits per heavy atom. The molecular formula is C4H7NOS. The molecule has 0 heterocycles. The molecule has 0 bridgehead atoms. The monoisotopic (exact) mass is 117 g/mol. The van der Waals surface area contributed by atoms with Gasteiger partial charge in [0, 0.05) is 5.25 Å². The van der Waals surface area contributed by atoms with Crippen molar-refractivity contribution in [2.75, 3.05) is 0 Å². The van der Waals surface area contributed by atoms with Crippen molar-refractivity contribution in [3.8, 4) is 0 Å². The molecule has 1 rings (SSSR count). The van der Waals surface area contributed by atoms with Crippen molar-refractivity contribution in [2.24, 2.45) is 0 Å². The number of carbonyl (C=O) groups excluding carboxylic acids is 1. The van der Waals surface area contributed by atoms with E-state index < -0.39 is 0 Å². The Bertz CT molecular complexity index is 72.1. The van der Waals surface area contributed by atoms with Gasteiger partial charge in [-0.3, -0.25) is 4.79 Å². The van der Waals surface area contributed by atoms with Crippen LogP contribution in [0.15, 0.2) is 0 Å². The van der Waals surface area contributed by atoms with E-state index in [4.69, 9.17) is 0 Å². The fourth-order valence-corrected chi connectivity index (χ4v) is 0.930. The molecule has 0 aromatic carbocycles. The third-order valence-electron chi connectivity index (χ3n) is 0.807. The van der Waals surface area contributed by atoms with Gasteiger partial charge in [-0.05, 0) is 24.8 Å². The number of rotatable bonds is 3. The summed E-state index contributed by atoms with van der Waals surface area (Å²) in [6.07, 6.45) is 3.26. The van der Waals surface area contributed by atoms with Crippen molar-refractivity contribution < 1.29 is 4.79 Å². The second-order valence-corrected chi connectivity index (χ2v) is 2.69. The lowest BCUT2D eigenvalue weighted by Crippen LogP contribution is -1.98. The first-order valence-electron chi connectivity index (χ1n) is 2.28. The van der Waals surface area contributed by atoms with Crippen molar-refractivity contribution >= 4 is 18.4 Å². The number of hydrogen-bond acceptors (Lipinski definition) is 2. The minimum Gasteiger partial charge on any atom is -0.303 e. The Morgan fingerprint density at radius 3 is 2.86 bits per heavy atom. The second kappa shape index (κ2) is 2.21. The lowest BCUT2D eigenvalue weighted by Gasteiger charge is -1.87. The molecule has 1 fully saturated rings. The topological polar surface area (TPSA) is 29.1 Å². The molecule has 1 amide bonds. The van der Waals surface area contributed by atoms with Crippen LogP contribution < -0.4 is 4.72 Å². The van der Waals surface area contributed by atoms with E-state index in [-0.39, 0.29) is 0 Å². The van der Waals surface area contributed by atoms with Crippen LogP contribution in [-0.2, 0) is 4.79 Å². The molecule has 1 aliphatic carbocycles. The Balaban J connectivity index is 1.88. The summed E-state index contributed by atoms with van der Waals surface area (Å²) in [5, 5.41) is 0.727. The highest BCUT2D eigenvalue weighted by molar-refractivity contribution is 7.98. The summed E-state index contributed by atoms with van der Waals surface area (Å²) in [6.45, 7) is 0. The number of amides is 1. The molecule has 0 saturated heterocycles. The van der Waals surface area contributed by atoms with Crippen LogP contribution in [0.4, 0.5) is 0 Å². The van der Waals surface area contributed by atoms with E-state index in [1.807, 2.05) is 0 Å². The molecule has 0 spiro atoms. The summed E-state index contributed by atoms with van der Waals surface area (Å²) in [5.74, 6) is 0. The van der Waals surface area contributed by atoms with Crippen LogP contribution in [0.2, 0.25) is 0 Å². The molecule has 1 aliphatic rings. The average Bonchev–Trinajstić information content (AvgIpc) is 2.42. The summed E-state index contributed by atoms with van der Waals surface area (Å²) in [5.41, 5.74) is 0. The molecule has 1 saturated carbocycles. The van der Waals surface area contributed by atoms with Crippen LogP contribution in [0, 0.1) is 0 Å². The molecule has 2 nitrogen and oxygen atoms in total. The minimum absolute atomic E-state index is 0.725. The van der Waals surface area contributed by atoms with E-state index in [0.717, 1.165) is 11.7 Å². The molecule has 0 aromatic heterocycles. The summed E-state index contributed by atoms with van der Waals surface area (Å²) >= 11 is 1.52. The Labute approximate surface area is 46.8 Å². The molecule has 40 valence electrons. The van der Waals surface area contributed by atoms with E-state index >= 15 is 0 Å². The zero-order valence-corrected chi connectivity index (χ0v) is 4.70. The van der Waals surface area contributed by atoms with Crippen molar-refractivity contribution in [3.05, 3.63) is 0 Å². The smallest absolute Gasteiger partial charge is 0.216 e. The van der Waals surface area contributed by atoms with Gasteiger partial charge in [-0.15, -0.1) is 0 Å². The van der Waals surface area contributed by atoms with Gasteiger partial charge in [-0.25, -0.2) is 0 Å². The van der Waals surface area contributed by atoms with Crippen molar-refractivity contribution in [3.63, 3.8) is 0 Å². The van der Waals surface area contributed by atoms with Gasteiger partial charge in [-0.2, -0.15) is 0 Å². The SMILES string of the molecule is O=CNSC1CC1. The second-order valence-electron chi connectivity index (χ2n) is 1.55. The highest BCUT2D eigenvalue weighted by Gasteiger charge is 2.21. The third-order valence-corrected chi connectivity index (χ3v) is 1.84. The highest BCUT2D eigenvalue weighted by atomic mass is 32.2. The summed E-state index contributed by atoms with van der Waals surface area (Å²) in [6, 6.07) is 0. The molecule has 3 heteroatoms. The van der Waals surface area contributed by atoms with Crippen LogP contribution in [0.3, 0.4) is 0 Å². The van der Waals surface area contributed by atoms with Crippen LogP contribution in [0.5, 0.6) is 0 Å². The third kappa shape index (κ3) is 1.83. The quantitative estimate of drug-likeness (QED) is 0.432. The van der Waals surface area contributed by atoms with Crippen LogP contribution in [-0.4, -0.2) is 11.7 Å². The maximum absolute atomic E-state index is 9.61. The average molecular weight is 117 g/mol. The molecule has 0 aromatic rings. The van der Waals surface area contributed by atoms with E-state index in [1.54, 1.807) is 0 Å². The van der Waals surface area contributed by atoms with Crippen LogP contribution >= 0.6 is 11.9 Å². The Hall–Kier alpha value is -0.180. The van der Waals surface area contributed by atoms with Crippen molar-refractivity contribution in [1.82, 2.24) is 4.72 Å². The largest absolute Gasteiger partial charge is 0.303 e. The summed E-state index contributed by atoms with van der Waals surface area (Å²) < 4.78 is 2.55. The van der Waals surface area contributed by atoms with Gasteiger partial charge in [0.15, 0.2) is 0 Å². The predicted molar refractivity (Wildman–Crippen MR) is 29.8 cm³/mol. The van der Waals surface area contributed by atoms with Gasteiger partial charge in [0.25, 0.3) is 0 Å². The summed E-state index contributed by atoms with van der Waals surface area (Å²) in [4.78, 5) is 9.61. The van der Waals surface area contributed by atoms with Crippen molar-refractivity contribution in [1.29, 1.82) is 0 Å². The molecule has 7 heavy (non-hydrogen) atoms. The highest BCUT2D eigenvalue weighted by Crippen LogP contribution is 2.31. The lowest BCUT2D eigenvalue weighted by molar-refractivity contribution is -0.107. The van der Waals surface area contributed by atoms with Gasteiger partial charge in [0.2, 0.25) is 6.41 Å². The molecule has 0 atom stereocenters. The van der Waals surface area contributed by atoms with Gasteiger partial charge in [-0.1, -0.05) is 0 Å². The van der Waals surface area contributed by atoms with Gasteiger partial charge < -0.3 is 4.72 Å². The van der Waals surface area contributed by atoms with Gasteiger partial charge in [0.05, 0.1) is 0 Å². The molecular weight excluding hydrogens is 110 g/mol. The van der Waals surface area contributed by atoms with Gasteiger partial charge >= 0.3 is 0 Å². The molecule has 0 unspecified atom stereocenters. The number of carbonyl (C=O) groups is 1. The summed E-state index contributed by atoms with van der Waals surface area (Å²) in [7, 11) is 0. The van der Waals surface area contributed by atoms with Crippen LogP contribution in [0.25, 0.3) is 0 Å². The molecule has 0 aliphatic heterocycles. The lowest BCUT2D eigenvalue weighted by atomic mass is 11.0. The predicted octanol–water partition coefficient (Wildman–Crippen LogP) is 0.543. The fraction of sp³-hybridized carbons (Fsp3) is 0.750. The zero-order chi connectivity index (χ0) is 5.11. The number of hydrogen-bond donors (Lipinski definition) is 1. The van der Waals surface area contributed by atoms with E-state index in [9.17, 15) is 4.79 Å². The number of nitrogens with one attached hydrogen (secondary N) is 1. The maximum Gasteiger partial charge on any atom is 0.216 e. The standard InChI is InChI=1S/C4H7NOS/c6-3-5-7-4-1-2-4/h3-4H,1-2H2,(H,5,6). The normalized spacial score (nSPS) is 18.9. The van der Waals surface area contributed by atoms with Crippen molar-refractivity contribution in [2.45, 2.75) is 18.1 Å². The Morgan fingerprint density at radius 1 is 1.71 bits per heavy atom. The van der Waals surface area contributed by atoms with E-state index in [1.165, 1.54) is 24.8 Å². The van der Waals surface area contributed by atoms with E-state index in [2.05, 4.69) is 4.72 Å². The first-order chi connectivity index (χ1) is 3.43. The molecule has 1 N–H and O–H groups in total.